The van der Waals surface area contributed by atoms with Crippen LogP contribution in [0.3, 0.4) is 0 Å². The van der Waals surface area contributed by atoms with Crippen molar-refractivity contribution in [3.63, 3.8) is 0 Å². The predicted molar refractivity (Wildman–Crippen MR) is 79.4 cm³/mol. The number of amides is 1. The van der Waals surface area contributed by atoms with Gasteiger partial charge in [-0.3, -0.25) is 4.79 Å². The van der Waals surface area contributed by atoms with Gasteiger partial charge in [0.15, 0.2) is 6.54 Å². The number of carbonyl (C=O) groups is 1. The molecule has 0 saturated carbocycles. The number of hydrogen-bond donors (Lipinski definition) is 3. The number of halogens is 1. The summed E-state index contributed by atoms with van der Waals surface area (Å²) in [5.41, 5.74) is 12.4. The van der Waals surface area contributed by atoms with E-state index in [-0.39, 0.29) is 24.9 Å². The van der Waals surface area contributed by atoms with Gasteiger partial charge < -0.3 is 33.9 Å². The number of nitrogens with two attached hydrogens (primary N) is 2. The fourth-order valence-electron chi connectivity index (χ4n) is 1.87. The van der Waals surface area contributed by atoms with E-state index in [1.165, 1.54) is 0 Å². The first-order valence-corrected chi connectivity index (χ1v) is 6.60. The first-order valence-electron chi connectivity index (χ1n) is 6.60. The molecule has 8 heteroatoms. The summed E-state index contributed by atoms with van der Waals surface area (Å²) in [6.07, 6.45) is 5.55. The first-order chi connectivity index (χ1) is 10.0. The molecule has 120 valence electrons. The molecule has 2 rings (SSSR count). The summed E-state index contributed by atoms with van der Waals surface area (Å²) in [5, 5.41) is 2.78. The van der Waals surface area contributed by atoms with Crippen molar-refractivity contribution in [2.45, 2.75) is 6.54 Å². The van der Waals surface area contributed by atoms with Gasteiger partial charge in [-0.25, -0.2) is 9.13 Å². The Morgan fingerprint density at radius 3 is 2.82 bits per heavy atom. The second-order valence-electron chi connectivity index (χ2n) is 4.75. The number of aromatic nitrogens is 2. The van der Waals surface area contributed by atoms with E-state index in [2.05, 4.69) is 5.32 Å². The number of nitrogens with one attached hydrogen (secondary N) is 1. The number of anilines is 2. The summed E-state index contributed by atoms with van der Waals surface area (Å²) in [5.74, 6) is 0.496. The summed E-state index contributed by atoms with van der Waals surface area (Å²) in [4.78, 5) is 11.7. The van der Waals surface area contributed by atoms with Crippen LogP contribution in [0.1, 0.15) is 0 Å². The molecule has 0 fully saturated rings. The van der Waals surface area contributed by atoms with E-state index < -0.39 is 0 Å². The maximum atomic E-state index is 11.7. The van der Waals surface area contributed by atoms with Crippen molar-refractivity contribution >= 4 is 17.3 Å². The number of nitrogens with zero attached hydrogens (tertiary/aromatic N) is 2. The Bertz CT molecular complexity index is 629. The summed E-state index contributed by atoms with van der Waals surface area (Å²) in [6.45, 7) is 1.04. The Labute approximate surface area is 135 Å². The van der Waals surface area contributed by atoms with Gasteiger partial charge in [0.25, 0.3) is 5.91 Å². The summed E-state index contributed by atoms with van der Waals surface area (Å²) in [7, 11) is 1.90. The highest BCUT2D eigenvalue weighted by Gasteiger charge is 2.07. The molecule has 0 aliphatic heterocycles. The van der Waals surface area contributed by atoms with Crippen LogP contribution in [0.2, 0.25) is 0 Å². The van der Waals surface area contributed by atoms with E-state index in [0.717, 1.165) is 0 Å². The maximum absolute atomic E-state index is 11.7. The topological polar surface area (TPSA) is 99.2 Å². The Balaban J connectivity index is 0.00000242. The average molecular weight is 326 g/mol. The molecule has 1 aromatic carbocycles. The molecular weight excluding hydrogens is 306 g/mol. The molecule has 22 heavy (non-hydrogen) atoms. The number of imidazole rings is 1. The maximum Gasteiger partial charge on any atom is 0.262 e. The van der Waals surface area contributed by atoms with E-state index in [1.54, 1.807) is 22.8 Å². The average Bonchev–Trinajstić information content (AvgIpc) is 2.82. The highest BCUT2D eigenvalue weighted by molar-refractivity contribution is 5.74. The van der Waals surface area contributed by atoms with Gasteiger partial charge in [-0.15, -0.1) is 0 Å². The quantitative estimate of drug-likeness (QED) is 0.294. The third kappa shape index (κ3) is 5.17. The number of aryl methyl sites for hydroxylation is 1. The zero-order chi connectivity index (χ0) is 15.2. The van der Waals surface area contributed by atoms with Crippen LogP contribution in [0.25, 0.3) is 0 Å². The highest BCUT2D eigenvalue weighted by Crippen LogP contribution is 2.23. The molecule has 0 saturated heterocycles. The predicted octanol–water partition coefficient (Wildman–Crippen LogP) is -3.32. The lowest BCUT2D eigenvalue weighted by atomic mass is 10.2. The molecule has 0 radical (unpaired) electrons. The molecule has 1 heterocycles. The molecule has 0 spiro atoms. The van der Waals surface area contributed by atoms with Gasteiger partial charge in [0.2, 0.25) is 6.33 Å². The Morgan fingerprint density at radius 1 is 1.41 bits per heavy atom. The molecular formula is C14H20ClN5O2. The van der Waals surface area contributed by atoms with Crippen LogP contribution >= 0.6 is 0 Å². The van der Waals surface area contributed by atoms with E-state index in [4.69, 9.17) is 16.2 Å². The molecule has 0 atom stereocenters. The smallest absolute Gasteiger partial charge is 0.262 e. The second kappa shape index (κ2) is 8.14. The fraction of sp³-hybridized carbons (Fsp3) is 0.286. The minimum Gasteiger partial charge on any atom is -1.00 e. The van der Waals surface area contributed by atoms with E-state index in [9.17, 15) is 4.79 Å². The van der Waals surface area contributed by atoms with Crippen molar-refractivity contribution in [3.8, 4) is 5.75 Å². The highest BCUT2D eigenvalue weighted by atomic mass is 35.5. The summed E-state index contributed by atoms with van der Waals surface area (Å²) in [6, 6.07) is 5.07. The largest absolute Gasteiger partial charge is 1.00 e. The molecule has 1 amide bonds. The summed E-state index contributed by atoms with van der Waals surface area (Å²) >= 11 is 0. The Kier molecular flexibility index (Phi) is 6.52. The van der Waals surface area contributed by atoms with Crippen molar-refractivity contribution in [1.29, 1.82) is 0 Å². The molecule has 5 N–H and O–H groups in total. The number of carbonyl (C=O) groups excluding carboxylic acids is 1. The van der Waals surface area contributed by atoms with Crippen LogP contribution in [-0.2, 0) is 18.4 Å². The lowest BCUT2D eigenvalue weighted by Crippen LogP contribution is -3.00. The number of benzene rings is 1. The third-order valence-corrected chi connectivity index (χ3v) is 2.87. The molecule has 0 aliphatic carbocycles. The number of ether oxygens (including phenoxy) is 1. The molecule has 1 aromatic heterocycles. The van der Waals surface area contributed by atoms with Gasteiger partial charge >= 0.3 is 0 Å². The van der Waals surface area contributed by atoms with Crippen molar-refractivity contribution in [3.05, 3.63) is 36.9 Å². The van der Waals surface area contributed by atoms with Crippen molar-refractivity contribution in [1.82, 2.24) is 9.88 Å². The van der Waals surface area contributed by atoms with Crippen molar-refractivity contribution in [2.75, 3.05) is 24.6 Å². The monoisotopic (exact) mass is 325 g/mol. The Hall–Kier alpha value is -2.41. The standard InChI is InChI=1S/C14H19N5O2.ClH/c1-18-5-6-19(10-18)9-14(20)17-4-7-21-13-3-2-11(15)8-12(13)16;/h2-3,5-6,8,10H,4,7,9,15-16H2,1H3;1H. The molecule has 2 aromatic rings. The van der Waals surface area contributed by atoms with Gasteiger partial charge in [-0.2, -0.15) is 0 Å². The van der Waals surface area contributed by atoms with Crippen LogP contribution in [0.15, 0.2) is 36.9 Å². The minimum atomic E-state index is -0.0694. The van der Waals surface area contributed by atoms with Gasteiger partial charge in [0, 0.05) is 5.69 Å². The molecule has 0 unspecified atom stereocenters. The molecule has 7 nitrogen and oxygen atoms in total. The number of hydrogen-bond acceptors (Lipinski definition) is 4. The van der Waals surface area contributed by atoms with Gasteiger partial charge in [-0.1, -0.05) is 0 Å². The SMILES string of the molecule is Cn1cc[n+](CC(=O)NCCOc2ccc(N)cc2N)c1.[Cl-]. The van der Waals surface area contributed by atoms with Crippen LogP contribution in [0, 0.1) is 0 Å². The van der Waals surface area contributed by atoms with Crippen molar-refractivity contribution in [2.24, 2.45) is 7.05 Å². The van der Waals surface area contributed by atoms with E-state index in [1.807, 2.05) is 30.3 Å². The first kappa shape index (κ1) is 17.6. The van der Waals surface area contributed by atoms with Crippen LogP contribution in [0.4, 0.5) is 11.4 Å². The zero-order valence-corrected chi connectivity index (χ0v) is 13.1. The molecule has 0 bridgehead atoms. The normalized spacial score (nSPS) is 9.86. The third-order valence-electron chi connectivity index (χ3n) is 2.87. The van der Waals surface area contributed by atoms with E-state index >= 15 is 0 Å². The van der Waals surface area contributed by atoms with Crippen LogP contribution in [-0.4, -0.2) is 23.6 Å². The second-order valence-corrected chi connectivity index (χ2v) is 4.75. The Morgan fingerprint density at radius 2 is 2.18 bits per heavy atom. The van der Waals surface area contributed by atoms with Crippen LogP contribution in [0.5, 0.6) is 5.75 Å². The van der Waals surface area contributed by atoms with Gasteiger partial charge in [0.05, 0.1) is 19.3 Å². The van der Waals surface area contributed by atoms with E-state index in [0.29, 0.717) is 30.3 Å². The lowest BCUT2D eigenvalue weighted by molar-refractivity contribution is -0.683. The van der Waals surface area contributed by atoms with Crippen LogP contribution < -0.4 is 38.5 Å². The van der Waals surface area contributed by atoms with Gasteiger partial charge in [0.1, 0.15) is 24.8 Å². The number of nitrogen functional groups attached to an aromatic ring is 2. The lowest BCUT2D eigenvalue weighted by Gasteiger charge is -2.09. The molecule has 0 aliphatic rings. The summed E-state index contributed by atoms with van der Waals surface area (Å²) < 4.78 is 9.17. The number of rotatable bonds is 6. The van der Waals surface area contributed by atoms with Gasteiger partial charge in [-0.05, 0) is 18.2 Å². The minimum absolute atomic E-state index is 0. The fourth-order valence-corrected chi connectivity index (χ4v) is 1.87. The van der Waals surface area contributed by atoms with Crippen molar-refractivity contribution < 1.29 is 26.5 Å². The zero-order valence-electron chi connectivity index (χ0n) is 12.3.